The number of nitrogens with one attached hydrogen (secondary N) is 3. The number of tetrazole rings is 1. The van der Waals surface area contributed by atoms with Gasteiger partial charge in [-0.2, -0.15) is 16.4 Å². The van der Waals surface area contributed by atoms with Gasteiger partial charge >= 0.3 is 0 Å². The van der Waals surface area contributed by atoms with E-state index >= 15 is 0 Å². The molecule has 42 heavy (non-hydrogen) atoms. The monoisotopic (exact) mass is 585 g/mol. The van der Waals surface area contributed by atoms with E-state index < -0.39 is 6.04 Å². The number of thioether (sulfide) groups is 1. The number of hydrogen-bond donors (Lipinski definition) is 3. The Kier molecular flexibility index (Phi) is 9.07. The standard InChI is InChI=1S/C29H31N9O3S/c1-19-3-9-25(38-17-31-35-36-38)22(15-19)6-10-26(40)33-24(16-27(41)37-11-13-42-14-12-37)29-32-20(2)28(34-29)21-4-7-23(8-5-21)30-18-39/h3-10,15,17-18,24H,11-14,16H2,1-2H3,(H,30,39)(H,32,34)(H,33,40)/b10-6+/t24-/m0/s1. The number of carbonyl (C=O) groups is 3. The first-order valence-electron chi connectivity index (χ1n) is 13.5. The number of imidazole rings is 1. The summed E-state index contributed by atoms with van der Waals surface area (Å²) in [7, 11) is 0. The van der Waals surface area contributed by atoms with E-state index in [0.29, 0.717) is 36.7 Å². The molecule has 3 N–H and O–H groups in total. The van der Waals surface area contributed by atoms with Crippen molar-refractivity contribution in [2.75, 3.05) is 29.9 Å². The number of H-pyrrole nitrogens is 1. The third kappa shape index (κ3) is 6.92. The fourth-order valence-corrected chi connectivity index (χ4v) is 5.63. The van der Waals surface area contributed by atoms with Crippen LogP contribution in [0.2, 0.25) is 0 Å². The largest absolute Gasteiger partial charge is 0.344 e. The highest BCUT2D eigenvalue weighted by molar-refractivity contribution is 7.99. The Morgan fingerprint density at radius 3 is 2.62 bits per heavy atom. The first kappa shape index (κ1) is 28.7. The zero-order chi connectivity index (χ0) is 29.5. The molecule has 5 rings (SSSR count). The van der Waals surface area contributed by atoms with E-state index in [-0.39, 0.29) is 18.2 Å². The van der Waals surface area contributed by atoms with Gasteiger partial charge < -0.3 is 20.5 Å². The predicted molar refractivity (Wildman–Crippen MR) is 161 cm³/mol. The number of nitrogens with zero attached hydrogens (tertiary/aromatic N) is 6. The van der Waals surface area contributed by atoms with Crippen LogP contribution in [0, 0.1) is 13.8 Å². The van der Waals surface area contributed by atoms with Gasteiger partial charge in [0.15, 0.2) is 0 Å². The highest BCUT2D eigenvalue weighted by atomic mass is 32.2. The number of benzene rings is 2. The number of anilines is 1. The maximum Gasteiger partial charge on any atom is 0.244 e. The molecule has 12 nitrogen and oxygen atoms in total. The molecule has 0 bridgehead atoms. The Hall–Kier alpha value is -4.78. The fraction of sp³-hybridized carbons (Fsp3) is 0.276. The Balaban J connectivity index is 1.39. The normalized spacial score (nSPS) is 14.1. The van der Waals surface area contributed by atoms with Crippen molar-refractivity contribution in [1.29, 1.82) is 0 Å². The van der Waals surface area contributed by atoms with Crippen molar-refractivity contribution in [2.24, 2.45) is 0 Å². The maximum absolute atomic E-state index is 13.3. The zero-order valence-corrected chi connectivity index (χ0v) is 24.1. The van der Waals surface area contributed by atoms with E-state index in [0.717, 1.165) is 39.6 Å². The van der Waals surface area contributed by atoms with Crippen LogP contribution in [0.1, 0.15) is 35.1 Å². The molecule has 1 saturated heterocycles. The maximum atomic E-state index is 13.3. The van der Waals surface area contributed by atoms with Crippen molar-refractivity contribution < 1.29 is 14.4 Å². The number of carbonyl (C=O) groups excluding carboxylic acids is 3. The summed E-state index contributed by atoms with van der Waals surface area (Å²) in [6.45, 7) is 5.22. The molecule has 1 atom stereocenters. The van der Waals surface area contributed by atoms with Crippen molar-refractivity contribution in [3.63, 3.8) is 0 Å². The first-order chi connectivity index (χ1) is 20.4. The van der Waals surface area contributed by atoms with Crippen molar-refractivity contribution in [3.05, 3.63) is 77.5 Å². The van der Waals surface area contributed by atoms with Gasteiger partial charge in [0.05, 0.1) is 23.8 Å². The minimum atomic E-state index is -0.677. The minimum absolute atomic E-state index is 0.0378. The zero-order valence-electron chi connectivity index (χ0n) is 23.3. The summed E-state index contributed by atoms with van der Waals surface area (Å²) in [5.41, 5.74) is 5.51. The second-order valence-corrected chi connectivity index (χ2v) is 11.1. The van der Waals surface area contributed by atoms with Crippen LogP contribution in [-0.2, 0) is 14.4 Å². The molecule has 0 radical (unpaired) electrons. The molecule has 1 fully saturated rings. The molecule has 2 aromatic heterocycles. The molecule has 1 aliphatic heterocycles. The number of amides is 3. The van der Waals surface area contributed by atoms with Crippen LogP contribution in [-0.4, -0.2) is 77.9 Å². The summed E-state index contributed by atoms with van der Waals surface area (Å²) in [5.74, 6) is 1.87. The summed E-state index contributed by atoms with van der Waals surface area (Å²) in [4.78, 5) is 47.2. The fourth-order valence-electron chi connectivity index (χ4n) is 4.73. The van der Waals surface area contributed by atoms with E-state index in [4.69, 9.17) is 4.98 Å². The van der Waals surface area contributed by atoms with E-state index in [9.17, 15) is 14.4 Å². The molecule has 216 valence electrons. The van der Waals surface area contributed by atoms with Crippen LogP contribution in [0.5, 0.6) is 0 Å². The van der Waals surface area contributed by atoms with Crippen LogP contribution >= 0.6 is 11.8 Å². The molecule has 13 heteroatoms. The first-order valence-corrected chi connectivity index (χ1v) is 14.6. The van der Waals surface area contributed by atoms with Crippen molar-refractivity contribution in [1.82, 2.24) is 40.4 Å². The van der Waals surface area contributed by atoms with E-state index in [1.54, 1.807) is 18.2 Å². The lowest BCUT2D eigenvalue weighted by Crippen LogP contribution is -2.40. The Morgan fingerprint density at radius 2 is 1.90 bits per heavy atom. The van der Waals surface area contributed by atoms with Gasteiger partial charge in [0, 0.05) is 53.2 Å². The molecule has 2 aromatic carbocycles. The average molecular weight is 586 g/mol. The van der Waals surface area contributed by atoms with Crippen molar-refractivity contribution >= 4 is 41.7 Å². The minimum Gasteiger partial charge on any atom is -0.344 e. The van der Waals surface area contributed by atoms with Crippen LogP contribution < -0.4 is 10.6 Å². The van der Waals surface area contributed by atoms with Crippen LogP contribution in [0.3, 0.4) is 0 Å². The third-order valence-electron chi connectivity index (χ3n) is 6.87. The topological polar surface area (TPSA) is 151 Å². The molecule has 1 aliphatic rings. The average Bonchev–Trinajstić information content (AvgIpc) is 3.67. The lowest BCUT2D eigenvalue weighted by atomic mass is 10.1. The van der Waals surface area contributed by atoms with E-state index in [2.05, 4.69) is 31.1 Å². The summed E-state index contributed by atoms with van der Waals surface area (Å²) in [5, 5.41) is 17.0. The van der Waals surface area contributed by atoms with Gasteiger partial charge in [0.25, 0.3) is 0 Å². The summed E-state index contributed by atoms with van der Waals surface area (Å²) in [6, 6.07) is 12.4. The molecule has 0 saturated carbocycles. The second kappa shape index (κ2) is 13.3. The van der Waals surface area contributed by atoms with Gasteiger partial charge in [0.2, 0.25) is 18.2 Å². The molecular formula is C29H31N9O3S. The van der Waals surface area contributed by atoms with Crippen LogP contribution in [0.25, 0.3) is 23.0 Å². The molecule has 0 spiro atoms. The number of hydrogen-bond acceptors (Lipinski definition) is 8. The van der Waals surface area contributed by atoms with Crippen LogP contribution in [0.15, 0.2) is 54.9 Å². The Labute approximate surface area is 247 Å². The number of aromatic nitrogens is 6. The van der Waals surface area contributed by atoms with Crippen LogP contribution in [0.4, 0.5) is 5.69 Å². The molecule has 0 aliphatic carbocycles. The smallest absolute Gasteiger partial charge is 0.244 e. The second-order valence-electron chi connectivity index (χ2n) is 9.84. The van der Waals surface area contributed by atoms with Gasteiger partial charge in [-0.1, -0.05) is 23.8 Å². The molecule has 4 aromatic rings. The Morgan fingerprint density at radius 1 is 1.12 bits per heavy atom. The lowest BCUT2D eigenvalue weighted by Gasteiger charge is -2.28. The van der Waals surface area contributed by atoms with Crippen molar-refractivity contribution in [2.45, 2.75) is 26.3 Å². The Bertz CT molecular complexity index is 1580. The molecule has 0 unspecified atom stereocenters. The molecular weight excluding hydrogens is 554 g/mol. The van der Waals surface area contributed by atoms with Crippen molar-refractivity contribution in [3.8, 4) is 16.9 Å². The third-order valence-corrected chi connectivity index (χ3v) is 7.81. The summed E-state index contributed by atoms with van der Waals surface area (Å²) >= 11 is 1.83. The highest BCUT2D eigenvalue weighted by Crippen LogP contribution is 2.27. The predicted octanol–water partition coefficient (Wildman–Crippen LogP) is 3.07. The quantitative estimate of drug-likeness (QED) is 0.190. The lowest BCUT2D eigenvalue weighted by molar-refractivity contribution is -0.131. The van der Waals surface area contributed by atoms with Gasteiger partial charge in [-0.15, -0.1) is 5.10 Å². The van der Waals surface area contributed by atoms with Gasteiger partial charge in [-0.25, -0.2) is 4.98 Å². The SMILES string of the molecule is Cc1ccc(-n2cnnn2)c(/C=C/C(=O)N[C@@H](CC(=O)N2CCSCC2)c2nc(-c3ccc(NC=O)cc3)c(C)[nH]2)c1. The molecule has 3 heterocycles. The summed E-state index contributed by atoms with van der Waals surface area (Å²) < 4.78 is 1.53. The molecule has 3 amide bonds. The van der Waals surface area contributed by atoms with Gasteiger partial charge in [0.1, 0.15) is 12.2 Å². The van der Waals surface area contributed by atoms with Gasteiger partial charge in [-0.3, -0.25) is 14.4 Å². The highest BCUT2D eigenvalue weighted by Gasteiger charge is 2.26. The van der Waals surface area contributed by atoms with E-state index in [1.807, 2.05) is 60.8 Å². The van der Waals surface area contributed by atoms with Gasteiger partial charge in [-0.05, 0) is 54.6 Å². The summed E-state index contributed by atoms with van der Waals surface area (Å²) in [6.07, 6.45) is 5.32. The number of aromatic amines is 1. The van der Waals surface area contributed by atoms with E-state index in [1.165, 1.54) is 17.1 Å². The number of rotatable bonds is 10. The number of aryl methyl sites for hydroxylation is 2.